The van der Waals surface area contributed by atoms with Crippen LogP contribution in [-0.4, -0.2) is 19.2 Å². The van der Waals surface area contributed by atoms with Gasteiger partial charge in [-0.15, -0.1) is 0 Å². The monoisotopic (exact) mass is 315 g/mol. The van der Waals surface area contributed by atoms with E-state index in [0.29, 0.717) is 0 Å². The molecule has 0 saturated heterocycles. The van der Waals surface area contributed by atoms with Crippen LogP contribution in [-0.2, 0) is 0 Å². The highest BCUT2D eigenvalue weighted by molar-refractivity contribution is 6.09. The standard InChI is InChI=1S/C21H17NO2/c1-23-16-9-7-14(8-10-16)15-11-18-17-5-3-4-6-20(17)22-13-19(18)21(12-15)24-2/h3-13H,1-2H3. The summed E-state index contributed by atoms with van der Waals surface area (Å²) in [6.07, 6.45) is 1.88. The quantitative estimate of drug-likeness (QED) is 0.494. The molecule has 0 aliphatic rings. The molecular formula is C21H17NO2. The number of para-hydroxylation sites is 1. The van der Waals surface area contributed by atoms with Crippen LogP contribution < -0.4 is 9.47 Å². The highest BCUT2D eigenvalue weighted by Crippen LogP contribution is 2.35. The van der Waals surface area contributed by atoms with Gasteiger partial charge in [0.2, 0.25) is 0 Å². The van der Waals surface area contributed by atoms with E-state index in [1.807, 2.05) is 36.5 Å². The number of rotatable bonds is 3. The van der Waals surface area contributed by atoms with Crippen LogP contribution in [0, 0.1) is 0 Å². The second-order valence-electron chi connectivity index (χ2n) is 5.64. The van der Waals surface area contributed by atoms with E-state index >= 15 is 0 Å². The summed E-state index contributed by atoms with van der Waals surface area (Å²) in [6.45, 7) is 0. The van der Waals surface area contributed by atoms with Crippen LogP contribution in [0.2, 0.25) is 0 Å². The second-order valence-corrected chi connectivity index (χ2v) is 5.64. The third-order valence-electron chi connectivity index (χ3n) is 4.31. The van der Waals surface area contributed by atoms with Crippen LogP contribution in [0.5, 0.6) is 11.5 Å². The van der Waals surface area contributed by atoms with Gasteiger partial charge in [-0.3, -0.25) is 4.98 Å². The lowest BCUT2D eigenvalue weighted by Crippen LogP contribution is -1.90. The Morgan fingerprint density at radius 2 is 1.50 bits per heavy atom. The van der Waals surface area contributed by atoms with Gasteiger partial charge in [-0.25, -0.2) is 0 Å². The summed E-state index contributed by atoms with van der Waals surface area (Å²) in [5, 5.41) is 3.29. The van der Waals surface area contributed by atoms with Crippen molar-refractivity contribution in [3.63, 3.8) is 0 Å². The predicted octanol–water partition coefficient (Wildman–Crippen LogP) is 5.07. The van der Waals surface area contributed by atoms with Gasteiger partial charge in [0, 0.05) is 17.0 Å². The Bertz CT molecular complexity index is 1020. The molecule has 1 aromatic heterocycles. The first kappa shape index (κ1) is 14.5. The Hall–Kier alpha value is -3.07. The Labute approximate surface area is 140 Å². The lowest BCUT2D eigenvalue weighted by Gasteiger charge is -2.12. The molecular weight excluding hydrogens is 298 g/mol. The lowest BCUT2D eigenvalue weighted by atomic mass is 9.99. The molecule has 0 aliphatic heterocycles. The average molecular weight is 315 g/mol. The van der Waals surface area contributed by atoms with Gasteiger partial charge in [-0.2, -0.15) is 0 Å². The summed E-state index contributed by atoms with van der Waals surface area (Å²) >= 11 is 0. The van der Waals surface area contributed by atoms with Crippen LogP contribution in [0.15, 0.2) is 66.9 Å². The smallest absolute Gasteiger partial charge is 0.128 e. The van der Waals surface area contributed by atoms with Crippen molar-refractivity contribution in [3.8, 4) is 22.6 Å². The zero-order valence-corrected chi connectivity index (χ0v) is 13.6. The molecule has 0 unspecified atom stereocenters. The number of ether oxygens (including phenoxy) is 2. The van der Waals surface area contributed by atoms with Crippen molar-refractivity contribution in [2.45, 2.75) is 0 Å². The third-order valence-corrected chi connectivity index (χ3v) is 4.31. The molecule has 0 atom stereocenters. The van der Waals surface area contributed by atoms with Crippen molar-refractivity contribution in [1.82, 2.24) is 4.98 Å². The Morgan fingerprint density at radius 1 is 0.708 bits per heavy atom. The van der Waals surface area contributed by atoms with E-state index < -0.39 is 0 Å². The van der Waals surface area contributed by atoms with E-state index in [1.165, 1.54) is 0 Å². The topological polar surface area (TPSA) is 31.4 Å². The molecule has 0 N–H and O–H groups in total. The molecule has 4 aromatic rings. The van der Waals surface area contributed by atoms with E-state index in [-0.39, 0.29) is 0 Å². The second kappa shape index (κ2) is 5.85. The average Bonchev–Trinajstić information content (AvgIpc) is 2.67. The lowest BCUT2D eigenvalue weighted by molar-refractivity contribution is 0.415. The van der Waals surface area contributed by atoms with Gasteiger partial charge in [0.15, 0.2) is 0 Å². The summed E-state index contributed by atoms with van der Waals surface area (Å²) < 4.78 is 10.9. The normalized spacial score (nSPS) is 10.9. The van der Waals surface area contributed by atoms with Crippen molar-refractivity contribution < 1.29 is 9.47 Å². The fourth-order valence-corrected chi connectivity index (χ4v) is 3.05. The van der Waals surface area contributed by atoms with Crippen LogP contribution in [0.25, 0.3) is 32.8 Å². The first-order valence-electron chi connectivity index (χ1n) is 7.80. The van der Waals surface area contributed by atoms with E-state index in [0.717, 1.165) is 44.3 Å². The molecule has 0 fully saturated rings. The van der Waals surface area contributed by atoms with E-state index in [2.05, 4.69) is 35.3 Å². The van der Waals surface area contributed by atoms with Crippen LogP contribution in [0.1, 0.15) is 0 Å². The summed E-state index contributed by atoms with van der Waals surface area (Å²) in [4.78, 5) is 4.55. The minimum absolute atomic E-state index is 0.830. The van der Waals surface area contributed by atoms with E-state index in [9.17, 15) is 0 Å². The maximum atomic E-state index is 5.62. The number of hydrogen-bond donors (Lipinski definition) is 0. The van der Waals surface area contributed by atoms with E-state index in [1.54, 1.807) is 14.2 Å². The molecule has 24 heavy (non-hydrogen) atoms. The number of aromatic nitrogens is 1. The molecule has 0 spiro atoms. The highest BCUT2D eigenvalue weighted by Gasteiger charge is 2.10. The fraction of sp³-hybridized carbons (Fsp3) is 0.0952. The summed E-state index contributed by atoms with van der Waals surface area (Å²) in [6, 6.07) is 20.5. The SMILES string of the molecule is COc1ccc(-c2cc(OC)c3cnc4ccccc4c3c2)cc1. The Kier molecular flexibility index (Phi) is 3.54. The predicted molar refractivity (Wildman–Crippen MR) is 97.8 cm³/mol. The molecule has 0 bridgehead atoms. The molecule has 1 heterocycles. The van der Waals surface area contributed by atoms with Gasteiger partial charge in [0.1, 0.15) is 11.5 Å². The molecule has 0 aliphatic carbocycles. The minimum atomic E-state index is 0.830. The maximum Gasteiger partial charge on any atom is 0.128 e. The number of benzene rings is 3. The molecule has 3 aromatic carbocycles. The Morgan fingerprint density at radius 3 is 2.25 bits per heavy atom. The zero-order chi connectivity index (χ0) is 16.5. The molecule has 4 rings (SSSR count). The molecule has 0 saturated carbocycles. The van der Waals surface area contributed by atoms with Crippen LogP contribution in [0.3, 0.4) is 0 Å². The van der Waals surface area contributed by atoms with Crippen molar-refractivity contribution in [3.05, 3.63) is 66.9 Å². The van der Waals surface area contributed by atoms with Gasteiger partial charge < -0.3 is 9.47 Å². The summed E-state index contributed by atoms with van der Waals surface area (Å²) in [5.74, 6) is 1.68. The first-order valence-corrected chi connectivity index (χ1v) is 7.80. The largest absolute Gasteiger partial charge is 0.497 e. The maximum absolute atomic E-state index is 5.62. The van der Waals surface area contributed by atoms with Gasteiger partial charge in [0.25, 0.3) is 0 Å². The fourth-order valence-electron chi connectivity index (χ4n) is 3.05. The Balaban J connectivity index is 2.00. The van der Waals surface area contributed by atoms with E-state index in [4.69, 9.17) is 9.47 Å². The number of pyridine rings is 1. The highest BCUT2D eigenvalue weighted by atomic mass is 16.5. The number of nitrogens with zero attached hydrogens (tertiary/aromatic N) is 1. The molecule has 118 valence electrons. The van der Waals surface area contributed by atoms with Gasteiger partial charge in [-0.1, -0.05) is 30.3 Å². The number of fused-ring (bicyclic) bond motifs is 3. The first-order chi connectivity index (χ1) is 11.8. The van der Waals surface area contributed by atoms with Crippen molar-refractivity contribution >= 4 is 21.7 Å². The zero-order valence-electron chi connectivity index (χ0n) is 13.6. The molecule has 3 nitrogen and oxygen atoms in total. The van der Waals surface area contributed by atoms with Crippen LogP contribution in [0.4, 0.5) is 0 Å². The summed E-state index contributed by atoms with van der Waals surface area (Å²) in [5.41, 5.74) is 3.22. The van der Waals surface area contributed by atoms with Crippen molar-refractivity contribution in [2.75, 3.05) is 14.2 Å². The van der Waals surface area contributed by atoms with Gasteiger partial charge in [0.05, 0.1) is 19.7 Å². The molecule has 0 radical (unpaired) electrons. The van der Waals surface area contributed by atoms with Crippen molar-refractivity contribution in [2.24, 2.45) is 0 Å². The van der Waals surface area contributed by atoms with Gasteiger partial charge in [-0.05, 0) is 46.8 Å². The third kappa shape index (κ3) is 2.35. The van der Waals surface area contributed by atoms with Crippen LogP contribution >= 0.6 is 0 Å². The number of methoxy groups -OCH3 is 2. The summed E-state index contributed by atoms with van der Waals surface area (Å²) in [7, 11) is 3.37. The van der Waals surface area contributed by atoms with Gasteiger partial charge >= 0.3 is 0 Å². The minimum Gasteiger partial charge on any atom is -0.497 e. The molecule has 3 heteroatoms. The number of hydrogen-bond acceptors (Lipinski definition) is 3. The molecule has 0 amide bonds. The van der Waals surface area contributed by atoms with Crippen molar-refractivity contribution in [1.29, 1.82) is 0 Å².